The Morgan fingerprint density at radius 1 is 1.11 bits per heavy atom. The maximum absolute atomic E-state index is 12.1. The summed E-state index contributed by atoms with van der Waals surface area (Å²) in [6.07, 6.45) is 7.36. The zero-order valence-corrected chi connectivity index (χ0v) is 19.6. The number of halogens is 3. The third kappa shape index (κ3) is 5.53. The number of nitrogens with one attached hydrogen (secondary N) is 2. The Labute approximate surface area is 202 Å². The Kier molecular flexibility index (Phi) is 7.04. The summed E-state index contributed by atoms with van der Waals surface area (Å²) in [5.41, 5.74) is 2.41. The standard InChI is InChI=1S/C13H11N5O2.C9H7F3N2.C2H6/c19-12-9(6-15-13(20)16-12)10-5-8(7-1-2-7)11-14-3-4-18(11)17-10;10-9(11,12)6-14-4-2-7-5-13-3-1-8(7)14;1-2/h3-7H,1-2H2,(H2,15,16,19,20);1-5H,6H2;1-2H3. The molecule has 0 aliphatic heterocycles. The Morgan fingerprint density at radius 2 is 1.89 bits per heavy atom. The van der Waals surface area contributed by atoms with Crippen LogP contribution in [0.1, 0.15) is 38.2 Å². The van der Waals surface area contributed by atoms with Gasteiger partial charge in [-0.25, -0.2) is 14.3 Å². The molecular formula is C24H24F3N7O2. The summed E-state index contributed by atoms with van der Waals surface area (Å²) < 4.78 is 39.2. The monoisotopic (exact) mass is 499 g/mol. The third-order valence-corrected chi connectivity index (χ3v) is 5.42. The number of hydrogen-bond acceptors (Lipinski definition) is 5. The number of pyridine rings is 1. The van der Waals surface area contributed by atoms with Crippen LogP contribution >= 0.6 is 0 Å². The van der Waals surface area contributed by atoms with Crippen LogP contribution in [0.3, 0.4) is 0 Å². The van der Waals surface area contributed by atoms with Gasteiger partial charge in [0.15, 0.2) is 5.65 Å². The van der Waals surface area contributed by atoms with Crippen molar-refractivity contribution in [3.8, 4) is 11.3 Å². The number of aromatic amines is 2. The van der Waals surface area contributed by atoms with Gasteiger partial charge in [0, 0.05) is 48.1 Å². The van der Waals surface area contributed by atoms with E-state index in [4.69, 9.17) is 0 Å². The number of aromatic nitrogens is 7. The first-order valence-corrected chi connectivity index (χ1v) is 11.4. The van der Waals surface area contributed by atoms with Gasteiger partial charge in [-0.3, -0.25) is 14.8 Å². The summed E-state index contributed by atoms with van der Waals surface area (Å²) in [5.74, 6) is 0.489. The first kappa shape index (κ1) is 24.9. The third-order valence-electron chi connectivity index (χ3n) is 5.42. The first-order chi connectivity index (χ1) is 17.3. The number of hydrogen-bond donors (Lipinski definition) is 2. The van der Waals surface area contributed by atoms with E-state index in [-0.39, 0.29) is 0 Å². The Bertz CT molecular complexity index is 1590. The average molecular weight is 499 g/mol. The highest BCUT2D eigenvalue weighted by Crippen LogP contribution is 2.42. The lowest BCUT2D eigenvalue weighted by molar-refractivity contribution is -0.139. The molecule has 0 unspecified atom stereocenters. The molecule has 12 heteroatoms. The van der Waals surface area contributed by atoms with Gasteiger partial charge in [-0.15, -0.1) is 0 Å². The summed E-state index contributed by atoms with van der Waals surface area (Å²) >= 11 is 0. The van der Waals surface area contributed by atoms with E-state index in [0.29, 0.717) is 22.7 Å². The van der Waals surface area contributed by atoms with Gasteiger partial charge in [0.05, 0.1) is 16.8 Å². The number of alkyl halides is 3. The molecule has 5 aromatic heterocycles. The molecule has 0 bridgehead atoms. The summed E-state index contributed by atoms with van der Waals surface area (Å²) in [6.45, 7) is 3.04. The fourth-order valence-corrected chi connectivity index (χ4v) is 3.74. The fraction of sp³-hybridized carbons (Fsp3) is 0.292. The maximum atomic E-state index is 12.1. The number of imidazole rings is 1. The Morgan fingerprint density at radius 3 is 2.58 bits per heavy atom. The zero-order valence-electron chi connectivity index (χ0n) is 19.6. The SMILES string of the molecule is CC.FC(F)(F)Cn1ccc2cnccc21.O=c1[nH]cc(-c2cc(C3CC3)c3nccn3n2)c(=O)[nH]1. The van der Waals surface area contributed by atoms with Crippen molar-refractivity contribution in [3.05, 3.63) is 81.8 Å². The van der Waals surface area contributed by atoms with Crippen LogP contribution in [-0.4, -0.2) is 40.3 Å². The minimum Gasteiger partial charge on any atom is -0.338 e. The van der Waals surface area contributed by atoms with Crippen LogP contribution in [0.15, 0.2) is 65.0 Å². The van der Waals surface area contributed by atoms with Gasteiger partial charge in [0.1, 0.15) is 6.54 Å². The van der Waals surface area contributed by atoms with E-state index in [1.54, 1.807) is 35.2 Å². The predicted molar refractivity (Wildman–Crippen MR) is 129 cm³/mol. The van der Waals surface area contributed by atoms with Gasteiger partial charge in [0.2, 0.25) is 0 Å². The lowest BCUT2D eigenvalue weighted by atomic mass is 10.1. The molecule has 0 radical (unpaired) electrons. The second kappa shape index (κ2) is 10.2. The summed E-state index contributed by atoms with van der Waals surface area (Å²) in [4.78, 5) is 35.8. The molecule has 6 rings (SSSR count). The molecule has 36 heavy (non-hydrogen) atoms. The van der Waals surface area contributed by atoms with E-state index in [0.717, 1.165) is 34.0 Å². The molecule has 5 heterocycles. The molecule has 188 valence electrons. The molecule has 2 N–H and O–H groups in total. The normalized spacial score (nSPS) is 13.1. The van der Waals surface area contributed by atoms with Crippen molar-refractivity contribution in [1.82, 2.24) is 34.1 Å². The highest BCUT2D eigenvalue weighted by atomic mass is 19.4. The molecule has 5 aromatic rings. The fourth-order valence-electron chi connectivity index (χ4n) is 3.74. The molecule has 9 nitrogen and oxygen atoms in total. The zero-order chi connectivity index (χ0) is 25.9. The van der Waals surface area contributed by atoms with E-state index in [2.05, 4.69) is 25.0 Å². The van der Waals surface area contributed by atoms with E-state index >= 15 is 0 Å². The second-order valence-electron chi connectivity index (χ2n) is 7.93. The van der Waals surface area contributed by atoms with Gasteiger partial charge < -0.3 is 9.55 Å². The van der Waals surface area contributed by atoms with E-state index < -0.39 is 24.0 Å². The van der Waals surface area contributed by atoms with Gasteiger partial charge in [-0.2, -0.15) is 18.3 Å². The second-order valence-corrected chi connectivity index (χ2v) is 7.93. The molecule has 0 aromatic carbocycles. The molecule has 0 saturated heterocycles. The summed E-state index contributed by atoms with van der Waals surface area (Å²) in [5, 5.41) is 5.10. The van der Waals surface area contributed by atoms with Crippen LogP contribution in [0.25, 0.3) is 27.8 Å². The number of nitrogens with zero attached hydrogens (tertiary/aromatic N) is 5. The highest BCUT2D eigenvalue weighted by Gasteiger charge is 2.28. The highest BCUT2D eigenvalue weighted by molar-refractivity contribution is 5.78. The van der Waals surface area contributed by atoms with Crippen molar-refractivity contribution in [2.75, 3.05) is 0 Å². The summed E-state index contributed by atoms with van der Waals surface area (Å²) in [6, 6.07) is 5.08. The number of rotatable bonds is 3. The average Bonchev–Trinajstić information content (AvgIpc) is 3.46. The van der Waals surface area contributed by atoms with Gasteiger partial charge in [-0.1, -0.05) is 13.8 Å². The summed E-state index contributed by atoms with van der Waals surface area (Å²) in [7, 11) is 0. The van der Waals surface area contributed by atoms with Crippen LogP contribution < -0.4 is 11.2 Å². The molecule has 0 atom stereocenters. The number of fused-ring (bicyclic) bond motifs is 2. The quantitative estimate of drug-likeness (QED) is 0.385. The topological polar surface area (TPSA) is 114 Å². The maximum Gasteiger partial charge on any atom is 0.406 e. The van der Waals surface area contributed by atoms with Crippen molar-refractivity contribution in [1.29, 1.82) is 0 Å². The Balaban J connectivity index is 0.000000168. The van der Waals surface area contributed by atoms with Crippen molar-refractivity contribution in [3.63, 3.8) is 0 Å². The van der Waals surface area contributed by atoms with Crippen molar-refractivity contribution >= 4 is 16.6 Å². The lowest BCUT2D eigenvalue weighted by Crippen LogP contribution is -2.23. The smallest absolute Gasteiger partial charge is 0.338 e. The minimum atomic E-state index is -4.19. The minimum absolute atomic E-state index is 0.349. The van der Waals surface area contributed by atoms with Crippen molar-refractivity contribution in [2.45, 2.75) is 45.3 Å². The van der Waals surface area contributed by atoms with Crippen LogP contribution in [0, 0.1) is 0 Å². The van der Waals surface area contributed by atoms with Crippen molar-refractivity contribution < 1.29 is 13.2 Å². The Hall–Kier alpha value is -4.22. The van der Waals surface area contributed by atoms with Crippen LogP contribution in [0.2, 0.25) is 0 Å². The molecule has 1 saturated carbocycles. The predicted octanol–water partition coefficient (Wildman–Crippen LogP) is 4.28. The molecule has 0 spiro atoms. The van der Waals surface area contributed by atoms with E-state index in [1.165, 1.54) is 18.6 Å². The number of H-pyrrole nitrogens is 2. The van der Waals surface area contributed by atoms with Crippen LogP contribution in [0.4, 0.5) is 13.2 Å². The van der Waals surface area contributed by atoms with E-state index in [1.807, 2.05) is 19.9 Å². The largest absolute Gasteiger partial charge is 0.406 e. The molecule has 1 fully saturated rings. The van der Waals surface area contributed by atoms with Gasteiger partial charge in [-0.05, 0) is 37.0 Å². The lowest BCUT2D eigenvalue weighted by Gasteiger charge is -2.08. The van der Waals surface area contributed by atoms with Crippen LogP contribution in [-0.2, 0) is 6.54 Å². The van der Waals surface area contributed by atoms with Crippen molar-refractivity contribution in [2.24, 2.45) is 0 Å². The van der Waals surface area contributed by atoms with E-state index in [9.17, 15) is 22.8 Å². The van der Waals surface area contributed by atoms with Gasteiger partial charge in [0.25, 0.3) is 5.56 Å². The van der Waals surface area contributed by atoms with Gasteiger partial charge >= 0.3 is 11.9 Å². The molecule has 1 aliphatic rings. The first-order valence-electron chi connectivity index (χ1n) is 11.4. The molecular weight excluding hydrogens is 475 g/mol. The molecule has 1 aliphatic carbocycles. The van der Waals surface area contributed by atoms with Crippen LogP contribution in [0.5, 0.6) is 0 Å². The molecule has 0 amide bonds.